The number of anilines is 1. The van der Waals surface area contributed by atoms with Gasteiger partial charge in [0.25, 0.3) is 0 Å². The summed E-state index contributed by atoms with van der Waals surface area (Å²) in [5, 5.41) is 3.54. The lowest BCUT2D eigenvalue weighted by Gasteiger charge is -2.20. The summed E-state index contributed by atoms with van der Waals surface area (Å²) in [7, 11) is 1.50. The van der Waals surface area contributed by atoms with Crippen LogP contribution >= 0.6 is 0 Å². The molecule has 1 N–H and O–H groups in total. The first kappa shape index (κ1) is 15.1. The minimum atomic E-state index is -0.307. The van der Waals surface area contributed by atoms with Crippen LogP contribution in [0.25, 0.3) is 0 Å². The van der Waals surface area contributed by atoms with E-state index in [2.05, 4.69) is 19.2 Å². The van der Waals surface area contributed by atoms with E-state index in [-0.39, 0.29) is 5.82 Å². The molecule has 0 bridgehead atoms. The maximum atomic E-state index is 13.4. The summed E-state index contributed by atoms with van der Waals surface area (Å²) in [4.78, 5) is 0. The van der Waals surface area contributed by atoms with E-state index >= 15 is 0 Å². The van der Waals surface area contributed by atoms with Crippen molar-refractivity contribution in [1.29, 1.82) is 0 Å². The molecule has 3 heteroatoms. The quantitative estimate of drug-likeness (QED) is 0.795. The number of nitrogens with one attached hydrogen (secondary N) is 1. The molecule has 0 aromatic heterocycles. The summed E-state index contributed by atoms with van der Waals surface area (Å²) >= 11 is 0. The van der Waals surface area contributed by atoms with Gasteiger partial charge in [0.2, 0.25) is 0 Å². The summed E-state index contributed by atoms with van der Waals surface area (Å²) < 4.78 is 18.4. The van der Waals surface area contributed by atoms with Crippen LogP contribution < -0.4 is 10.1 Å². The Morgan fingerprint density at radius 2 is 2.00 bits per heavy atom. The second kappa shape index (κ2) is 6.96. The Labute approximate surface area is 121 Å². The van der Waals surface area contributed by atoms with Gasteiger partial charge >= 0.3 is 0 Å². The number of hydrogen-bond acceptors (Lipinski definition) is 2. The monoisotopic (exact) mass is 279 g/mol. The van der Waals surface area contributed by atoms with Gasteiger partial charge in [-0.1, -0.05) is 26.7 Å². The molecule has 0 spiro atoms. The third-order valence-corrected chi connectivity index (χ3v) is 4.48. The van der Waals surface area contributed by atoms with Crippen molar-refractivity contribution < 1.29 is 9.13 Å². The van der Waals surface area contributed by atoms with Gasteiger partial charge < -0.3 is 10.1 Å². The van der Waals surface area contributed by atoms with E-state index in [4.69, 9.17) is 4.74 Å². The van der Waals surface area contributed by atoms with Crippen LogP contribution in [-0.2, 0) is 0 Å². The Morgan fingerprint density at radius 1 is 1.20 bits per heavy atom. The van der Waals surface area contributed by atoms with Gasteiger partial charge in [-0.2, -0.15) is 0 Å². The molecule has 0 aliphatic heterocycles. The van der Waals surface area contributed by atoms with Crippen LogP contribution in [0.2, 0.25) is 0 Å². The number of rotatable bonds is 4. The van der Waals surface area contributed by atoms with Crippen molar-refractivity contribution in [1.82, 2.24) is 0 Å². The van der Waals surface area contributed by atoms with Crippen molar-refractivity contribution in [3.8, 4) is 5.75 Å². The van der Waals surface area contributed by atoms with E-state index in [9.17, 15) is 4.39 Å². The number of ether oxygens (including phenoxy) is 1. The predicted molar refractivity (Wildman–Crippen MR) is 81.8 cm³/mol. The highest BCUT2D eigenvalue weighted by atomic mass is 19.1. The van der Waals surface area contributed by atoms with Gasteiger partial charge in [0.1, 0.15) is 0 Å². The van der Waals surface area contributed by atoms with Gasteiger partial charge in [-0.3, -0.25) is 0 Å². The van der Waals surface area contributed by atoms with Gasteiger partial charge in [0.15, 0.2) is 11.6 Å². The summed E-state index contributed by atoms with van der Waals surface area (Å²) in [5.41, 5.74) is 0.955. The highest BCUT2D eigenvalue weighted by molar-refractivity contribution is 5.49. The Morgan fingerprint density at radius 3 is 2.70 bits per heavy atom. The molecule has 1 aliphatic rings. The Hall–Kier alpha value is -1.25. The largest absolute Gasteiger partial charge is 0.494 e. The van der Waals surface area contributed by atoms with Crippen LogP contribution in [0.15, 0.2) is 18.2 Å². The lowest BCUT2D eigenvalue weighted by Crippen LogP contribution is -2.18. The van der Waals surface area contributed by atoms with Crippen LogP contribution in [0.1, 0.15) is 46.0 Å². The molecule has 0 heterocycles. The van der Waals surface area contributed by atoms with Gasteiger partial charge in [0.05, 0.1) is 7.11 Å². The first-order chi connectivity index (χ1) is 9.60. The highest BCUT2D eigenvalue weighted by Crippen LogP contribution is 2.31. The third-order valence-electron chi connectivity index (χ3n) is 4.48. The van der Waals surface area contributed by atoms with Crippen LogP contribution in [0, 0.1) is 17.7 Å². The number of methoxy groups -OCH3 is 1. The molecule has 112 valence electrons. The molecule has 2 nitrogen and oxygen atoms in total. The van der Waals surface area contributed by atoms with Gasteiger partial charge in [0, 0.05) is 17.8 Å². The second-order valence-electron chi connectivity index (χ2n) is 6.20. The second-order valence-corrected chi connectivity index (χ2v) is 6.20. The molecule has 20 heavy (non-hydrogen) atoms. The van der Waals surface area contributed by atoms with Crippen molar-refractivity contribution in [2.45, 2.75) is 52.0 Å². The summed E-state index contributed by atoms with van der Waals surface area (Å²) in [5.74, 6) is 1.63. The smallest absolute Gasteiger partial charge is 0.165 e. The van der Waals surface area contributed by atoms with Crippen LogP contribution in [0.5, 0.6) is 5.75 Å². The molecule has 0 radical (unpaired) electrons. The maximum absolute atomic E-state index is 13.4. The Kier molecular flexibility index (Phi) is 5.27. The first-order valence-corrected chi connectivity index (χ1v) is 7.70. The molecular weight excluding hydrogens is 253 g/mol. The molecule has 1 aromatic carbocycles. The van der Waals surface area contributed by atoms with E-state index in [0.29, 0.717) is 11.8 Å². The predicted octanol–water partition coefficient (Wildman–Crippen LogP) is 4.85. The van der Waals surface area contributed by atoms with Crippen LogP contribution in [0.3, 0.4) is 0 Å². The number of benzene rings is 1. The fraction of sp³-hybridized carbons (Fsp3) is 0.647. The molecule has 1 aliphatic carbocycles. The molecule has 1 saturated carbocycles. The Balaban J connectivity index is 1.96. The van der Waals surface area contributed by atoms with Crippen molar-refractivity contribution in [3.63, 3.8) is 0 Å². The summed E-state index contributed by atoms with van der Waals surface area (Å²) in [6.07, 6.45) is 6.29. The lowest BCUT2D eigenvalue weighted by molar-refractivity contribution is 0.341. The molecule has 2 rings (SSSR count). The van der Waals surface area contributed by atoms with E-state index in [1.165, 1.54) is 45.3 Å². The SMILES string of the molecule is COc1cc(NC2CCCC(C(C)C)CC2)ccc1F. The first-order valence-electron chi connectivity index (χ1n) is 7.70. The molecule has 0 saturated heterocycles. The third kappa shape index (κ3) is 3.87. The van der Waals surface area contributed by atoms with Crippen LogP contribution in [-0.4, -0.2) is 13.2 Å². The summed E-state index contributed by atoms with van der Waals surface area (Å²) in [6, 6.07) is 5.51. The topological polar surface area (TPSA) is 21.3 Å². The summed E-state index contributed by atoms with van der Waals surface area (Å²) in [6.45, 7) is 4.65. The van der Waals surface area contributed by atoms with Gasteiger partial charge in [-0.15, -0.1) is 0 Å². The van der Waals surface area contributed by atoms with E-state index in [0.717, 1.165) is 17.5 Å². The van der Waals surface area contributed by atoms with E-state index in [1.54, 1.807) is 12.1 Å². The molecule has 1 aromatic rings. The zero-order valence-corrected chi connectivity index (χ0v) is 12.8. The number of halogens is 1. The van der Waals surface area contributed by atoms with Crippen molar-refractivity contribution >= 4 is 5.69 Å². The molecule has 0 amide bonds. The molecule has 2 atom stereocenters. The standard InChI is InChI=1S/C17H26FNO/c1-12(2)13-5-4-6-14(8-7-13)19-15-9-10-16(18)17(11-15)20-3/h9-14,19H,4-8H2,1-3H3. The minimum Gasteiger partial charge on any atom is -0.494 e. The van der Waals surface area contributed by atoms with Crippen molar-refractivity contribution in [3.05, 3.63) is 24.0 Å². The molecular formula is C17H26FNO. The van der Waals surface area contributed by atoms with Crippen molar-refractivity contribution in [2.75, 3.05) is 12.4 Å². The highest BCUT2D eigenvalue weighted by Gasteiger charge is 2.21. The van der Waals surface area contributed by atoms with E-state index in [1.807, 2.05) is 0 Å². The van der Waals surface area contributed by atoms with Crippen molar-refractivity contribution in [2.24, 2.45) is 11.8 Å². The van der Waals surface area contributed by atoms with Gasteiger partial charge in [-0.25, -0.2) is 4.39 Å². The van der Waals surface area contributed by atoms with Crippen LogP contribution in [0.4, 0.5) is 10.1 Å². The molecule has 2 unspecified atom stereocenters. The van der Waals surface area contributed by atoms with Gasteiger partial charge in [-0.05, 0) is 43.2 Å². The fourth-order valence-electron chi connectivity index (χ4n) is 3.13. The average Bonchev–Trinajstić information content (AvgIpc) is 2.66. The minimum absolute atomic E-state index is 0.307. The average molecular weight is 279 g/mol. The normalized spacial score (nSPS) is 23.4. The zero-order valence-electron chi connectivity index (χ0n) is 12.8. The fourth-order valence-corrected chi connectivity index (χ4v) is 3.13. The zero-order chi connectivity index (χ0) is 14.5. The van der Waals surface area contributed by atoms with E-state index < -0.39 is 0 Å². The Bertz CT molecular complexity index is 433. The maximum Gasteiger partial charge on any atom is 0.165 e. The number of hydrogen-bond donors (Lipinski definition) is 1. The molecule has 1 fully saturated rings. The lowest BCUT2D eigenvalue weighted by atomic mass is 9.89.